The zero-order chi connectivity index (χ0) is 24.8. The van der Waals surface area contributed by atoms with Crippen molar-refractivity contribution < 1.29 is 4.79 Å². The van der Waals surface area contributed by atoms with E-state index in [0.717, 1.165) is 34.6 Å². The number of nitrogens with one attached hydrogen (secondary N) is 1. The van der Waals surface area contributed by atoms with Gasteiger partial charge in [0.05, 0.1) is 16.9 Å². The fourth-order valence-corrected chi connectivity index (χ4v) is 4.16. The maximum atomic E-state index is 12.3. The van der Waals surface area contributed by atoms with Gasteiger partial charge in [0.2, 0.25) is 0 Å². The van der Waals surface area contributed by atoms with Crippen LogP contribution in [0.15, 0.2) is 53.5 Å². The Kier molecular flexibility index (Phi) is 5.75. The molecule has 0 aliphatic carbocycles. The van der Waals surface area contributed by atoms with Crippen LogP contribution >= 0.6 is 0 Å². The lowest BCUT2D eigenvalue weighted by molar-refractivity contribution is -0.109. The normalized spacial score (nSPS) is 17.4. The van der Waals surface area contributed by atoms with Gasteiger partial charge in [-0.2, -0.15) is 5.10 Å². The summed E-state index contributed by atoms with van der Waals surface area (Å²) in [4.78, 5) is 17.3. The van der Waals surface area contributed by atoms with E-state index >= 15 is 0 Å². The van der Waals surface area contributed by atoms with E-state index in [9.17, 15) is 4.79 Å². The van der Waals surface area contributed by atoms with Gasteiger partial charge in [0, 0.05) is 17.3 Å². The van der Waals surface area contributed by atoms with E-state index in [4.69, 9.17) is 10.7 Å². The van der Waals surface area contributed by atoms with E-state index in [2.05, 4.69) is 64.2 Å². The first-order valence-electron chi connectivity index (χ1n) is 11.6. The molecule has 1 atom stereocenters. The number of aromatic nitrogens is 2. The van der Waals surface area contributed by atoms with Crippen LogP contribution in [-0.2, 0) is 15.7 Å². The molecule has 1 aliphatic heterocycles. The highest BCUT2D eigenvalue weighted by molar-refractivity contribution is 6.05. The monoisotopic (exact) mass is 458 g/mol. The van der Waals surface area contributed by atoms with Crippen LogP contribution in [0.5, 0.6) is 0 Å². The Bertz CT molecular complexity index is 1240. The number of hydrogen-bond acceptors (Lipinski definition) is 5. The highest BCUT2D eigenvalue weighted by Crippen LogP contribution is 2.34. The largest absolute Gasteiger partial charge is 0.399 e. The van der Waals surface area contributed by atoms with Crippen LogP contribution < -0.4 is 16.2 Å². The summed E-state index contributed by atoms with van der Waals surface area (Å²) in [6.45, 7) is 14.8. The molecule has 0 bridgehead atoms. The standard InChI is InChI=1S/C27H34N6O/c1-17-14-24(33(30-17)27(5,6)7)29-25-21-13-10-19(28)15-22(21)23(16-34)32(31-25)20-11-8-18(9-12-20)26(2,3)4/h8-16,23H,28H2,1-7H3,(H,29,31). The minimum atomic E-state index is -0.549. The third-order valence-electron chi connectivity index (χ3n) is 5.97. The van der Waals surface area contributed by atoms with Gasteiger partial charge in [-0.05, 0) is 74.6 Å². The molecule has 0 amide bonds. The molecule has 34 heavy (non-hydrogen) atoms. The number of fused-ring (bicyclic) bond motifs is 1. The number of benzene rings is 2. The van der Waals surface area contributed by atoms with Crippen molar-refractivity contribution in [3.8, 4) is 0 Å². The van der Waals surface area contributed by atoms with Crippen LogP contribution in [0.4, 0.5) is 17.2 Å². The van der Waals surface area contributed by atoms with Gasteiger partial charge >= 0.3 is 0 Å². The molecule has 7 heteroatoms. The first kappa shape index (κ1) is 23.5. The molecule has 0 saturated heterocycles. The minimum Gasteiger partial charge on any atom is -0.399 e. The summed E-state index contributed by atoms with van der Waals surface area (Å²) in [7, 11) is 0. The number of nitrogens with two attached hydrogens (primary N) is 1. The molecule has 1 aromatic heterocycles. The van der Waals surface area contributed by atoms with Gasteiger partial charge in [-0.3, -0.25) is 10.4 Å². The lowest BCUT2D eigenvalue weighted by Gasteiger charge is -2.38. The number of hydrazine groups is 1. The van der Waals surface area contributed by atoms with Crippen LogP contribution in [0.2, 0.25) is 0 Å². The molecule has 0 spiro atoms. The van der Waals surface area contributed by atoms with E-state index in [1.165, 1.54) is 5.56 Å². The molecule has 2 heterocycles. The Labute approximate surface area is 201 Å². The number of aliphatic imine (C=N–C) groups is 1. The molecule has 178 valence electrons. The highest BCUT2D eigenvalue weighted by atomic mass is 16.1. The van der Waals surface area contributed by atoms with Gasteiger partial charge in [-0.25, -0.2) is 9.67 Å². The number of aldehydes is 1. The Morgan fingerprint density at radius 3 is 2.29 bits per heavy atom. The van der Waals surface area contributed by atoms with Crippen molar-refractivity contribution in [2.45, 2.75) is 65.5 Å². The van der Waals surface area contributed by atoms with Crippen LogP contribution in [-0.4, -0.2) is 21.9 Å². The molecule has 0 fully saturated rings. The third-order valence-corrected chi connectivity index (χ3v) is 5.97. The number of nitrogens with zero attached hydrogens (tertiary/aromatic N) is 4. The van der Waals surface area contributed by atoms with Gasteiger partial charge in [-0.15, -0.1) is 0 Å². The number of nitrogen functional groups attached to an aromatic ring is 1. The summed E-state index contributed by atoms with van der Waals surface area (Å²) >= 11 is 0. The maximum Gasteiger partial charge on any atom is 0.154 e. The van der Waals surface area contributed by atoms with E-state index in [0.29, 0.717) is 11.5 Å². The zero-order valence-electron chi connectivity index (χ0n) is 21.0. The Morgan fingerprint density at radius 1 is 1.03 bits per heavy atom. The Hall–Kier alpha value is -3.61. The summed E-state index contributed by atoms with van der Waals surface area (Å²) in [6, 6.07) is 15.3. The van der Waals surface area contributed by atoms with Gasteiger partial charge in [0.15, 0.2) is 11.7 Å². The molecular weight excluding hydrogens is 424 g/mol. The van der Waals surface area contributed by atoms with Crippen LogP contribution in [0, 0.1) is 6.92 Å². The van der Waals surface area contributed by atoms with Crippen LogP contribution in [0.25, 0.3) is 0 Å². The van der Waals surface area contributed by atoms with E-state index in [1.807, 2.05) is 53.0 Å². The Morgan fingerprint density at radius 2 is 1.71 bits per heavy atom. The average molecular weight is 459 g/mol. The number of hydrogen-bond donors (Lipinski definition) is 2. The molecule has 0 radical (unpaired) electrons. The number of anilines is 2. The smallest absolute Gasteiger partial charge is 0.154 e. The summed E-state index contributed by atoms with van der Waals surface area (Å²) in [5.41, 5.74) is 14.6. The van der Waals surface area contributed by atoms with E-state index in [-0.39, 0.29) is 11.0 Å². The summed E-state index contributed by atoms with van der Waals surface area (Å²) in [6.07, 6.45) is 0.934. The summed E-state index contributed by atoms with van der Waals surface area (Å²) < 4.78 is 1.92. The zero-order valence-corrected chi connectivity index (χ0v) is 21.0. The van der Waals surface area contributed by atoms with Crippen molar-refractivity contribution in [1.29, 1.82) is 0 Å². The number of carbonyl (C=O) groups is 1. The van der Waals surface area contributed by atoms with Crippen molar-refractivity contribution in [1.82, 2.24) is 15.2 Å². The van der Waals surface area contributed by atoms with Gasteiger partial charge in [0.25, 0.3) is 0 Å². The number of rotatable bonds is 3. The predicted octanol–water partition coefficient (Wildman–Crippen LogP) is 5.17. The lowest BCUT2D eigenvalue weighted by atomic mass is 9.87. The Balaban J connectivity index is 1.86. The third kappa shape index (κ3) is 4.42. The summed E-state index contributed by atoms with van der Waals surface area (Å²) in [5.74, 6) is 1.38. The van der Waals surface area contributed by atoms with E-state index in [1.54, 1.807) is 0 Å². The molecule has 3 aromatic rings. The molecule has 4 rings (SSSR count). The second-order valence-electron chi connectivity index (χ2n) is 10.9. The van der Waals surface area contributed by atoms with Gasteiger partial charge in [0.1, 0.15) is 12.3 Å². The average Bonchev–Trinajstić information content (AvgIpc) is 3.13. The molecule has 1 unspecified atom stereocenters. The summed E-state index contributed by atoms with van der Waals surface area (Å²) in [5, 5.41) is 6.50. The fraction of sp³-hybridized carbons (Fsp3) is 0.370. The second kappa shape index (κ2) is 8.31. The highest BCUT2D eigenvalue weighted by Gasteiger charge is 2.32. The predicted molar refractivity (Wildman–Crippen MR) is 139 cm³/mol. The second-order valence-corrected chi connectivity index (χ2v) is 10.9. The lowest BCUT2D eigenvalue weighted by Crippen LogP contribution is -2.50. The van der Waals surface area contributed by atoms with Crippen LogP contribution in [0.1, 0.15) is 70.0 Å². The number of carbonyl (C=O) groups excluding carboxylic acids is 1. The van der Waals surface area contributed by atoms with Gasteiger partial charge in [-0.1, -0.05) is 32.9 Å². The first-order chi connectivity index (χ1) is 15.9. The van der Waals surface area contributed by atoms with Crippen molar-refractivity contribution in [2.24, 2.45) is 4.99 Å². The van der Waals surface area contributed by atoms with Crippen molar-refractivity contribution >= 4 is 29.3 Å². The van der Waals surface area contributed by atoms with Crippen molar-refractivity contribution in [3.63, 3.8) is 0 Å². The minimum absolute atomic E-state index is 0.0365. The molecule has 3 N–H and O–H groups in total. The molecule has 1 aliphatic rings. The molecular formula is C27H34N6O. The fourth-order valence-electron chi connectivity index (χ4n) is 4.16. The van der Waals surface area contributed by atoms with Crippen molar-refractivity contribution in [3.05, 3.63) is 70.9 Å². The SMILES string of the molecule is Cc1cc(N=C2NN(c3ccc(C(C)(C)C)cc3)C(C=O)c3cc(N)ccc32)n(C(C)(C)C)n1. The number of aryl methyl sites for hydroxylation is 1. The van der Waals surface area contributed by atoms with Gasteiger partial charge < -0.3 is 10.5 Å². The topological polar surface area (TPSA) is 88.5 Å². The number of amidine groups is 1. The molecule has 2 aromatic carbocycles. The molecule has 0 saturated carbocycles. The first-order valence-corrected chi connectivity index (χ1v) is 11.6. The molecule has 7 nitrogen and oxygen atoms in total. The maximum absolute atomic E-state index is 12.3. The quantitative estimate of drug-likeness (QED) is 0.418. The van der Waals surface area contributed by atoms with E-state index < -0.39 is 6.04 Å². The van der Waals surface area contributed by atoms with Crippen molar-refractivity contribution in [2.75, 3.05) is 10.7 Å². The van der Waals surface area contributed by atoms with Crippen LogP contribution in [0.3, 0.4) is 0 Å².